The predicted octanol–water partition coefficient (Wildman–Crippen LogP) is 5.26. The van der Waals surface area contributed by atoms with Crippen LogP contribution in [0.2, 0.25) is 0 Å². The van der Waals surface area contributed by atoms with E-state index >= 15 is 0 Å². The Morgan fingerprint density at radius 2 is 1.78 bits per heavy atom. The van der Waals surface area contributed by atoms with Gasteiger partial charge in [0.05, 0.1) is 6.61 Å². The van der Waals surface area contributed by atoms with Crippen molar-refractivity contribution in [3.05, 3.63) is 53.1 Å². The number of benzene rings is 2. The number of fused-ring (bicyclic) bond motifs is 1. The molecule has 4 rings (SSSR count). The number of imide groups is 1. The van der Waals surface area contributed by atoms with E-state index in [2.05, 4.69) is 5.32 Å². The monoisotopic (exact) mass is 586 g/mol. The lowest BCUT2D eigenvalue weighted by Gasteiger charge is -2.30. The number of ether oxygens (including phenoxy) is 3. The Hall–Kier alpha value is -3.61. The van der Waals surface area contributed by atoms with Crippen molar-refractivity contribution in [3.63, 3.8) is 0 Å². The van der Waals surface area contributed by atoms with Gasteiger partial charge in [0, 0.05) is 6.54 Å². The van der Waals surface area contributed by atoms with Gasteiger partial charge in [-0.05, 0) is 73.1 Å². The second-order valence-electron chi connectivity index (χ2n) is 10.6. The number of amides is 3. The Morgan fingerprint density at radius 1 is 1.07 bits per heavy atom. The average Bonchev–Trinajstić information content (AvgIpc) is 3.45. The molecule has 2 unspecified atom stereocenters. The number of carbonyl (C=O) groups excluding carboxylic acids is 2. The van der Waals surface area contributed by atoms with E-state index in [-0.39, 0.29) is 43.6 Å². The van der Waals surface area contributed by atoms with Crippen molar-refractivity contribution in [1.29, 1.82) is 0 Å². The van der Waals surface area contributed by atoms with Crippen LogP contribution in [-0.4, -0.2) is 54.5 Å². The molecular formula is C28H31F5N2O6. The summed E-state index contributed by atoms with van der Waals surface area (Å²) in [7, 11) is 0. The summed E-state index contributed by atoms with van der Waals surface area (Å²) in [5.41, 5.74) is -5.79. The molecule has 2 heterocycles. The number of rotatable bonds is 11. The number of unbranched alkanes of at least 4 members (excludes halogenated alkanes) is 1. The summed E-state index contributed by atoms with van der Waals surface area (Å²) in [5, 5.41) is 12.6. The standard InChI is InChI=1S/C28H31F5N2O6/c1-16(2)12-17-13-19(27(38,23(29)30)28(31,32)33)7-8-20(17)39-11-5-4-10-35-24(36)26(3,34-25(35)37)18-6-9-21-22(14-18)41-15-40-21/h6-9,13-14,16,23,38H,4-5,10-12,15H2,1-3H3,(H,34,37). The molecule has 13 heteroatoms. The Kier molecular flexibility index (Phi) is 8.40. The minimum absolute atomic E-state index is 0.0445. The molecule has 2 aliphatic heterocycles. The highest BCUT2D eigenvalue weighted by atomic mass is 19.4. The highest BCUT2D eigenvalue weighted by Crippen LogP contribution is 2.44. The second-order valence-corrected chi connectivity index (χ2v) is 10.6. The van der Waals surface area contributed by atoms with Crippen molar-refractivity contribution in [1.82, 2.24) is 10.2 Å². The maximum atomic E-state index is 13.4. The van der Waals surface area contributed by atoms with Gasteiger partial charge < -0.3 is 24.6 Å². The molecule has 2 N–H and O–H groups in total. The van der Waals surface area contributed by atoms with Gasteiger partial charge in [-0.15, -0.1) is 0 Å². The molecule has 0 saturated carbocycles. The molecular weight excluding hydrogens is 555 g/mol. The molecule has 224 valence electrons. The van der Waals surface area contributed by atoms with Crippen molar-refractivity contribution in [2.75, 3.05) is 19.9 Å². The van der Waals surface area contributed by atoms with Gasteiger partial charge >= 0.3 is 12.2 Å². The van der Waals surface area contributed by atoms with E-state index in [4.69, 9.17) is 14.2 Å². The van der Waals surface area contributed by atoms with Crippen molar-refractivity contribution >= 4 is 11.9 Å². The third kappa shape index (κ3) is 5.77. The molecule has 8 nitrogen and oxygen atoms in total. The lowest BCUT2D eigenvalue weighted by molar-refractivity contribution is -0.305. The first-order valence-corrected chi connectivity index (χ1v) is 13.1. The van der Waals surface area contributed by atoms with Crippen LogP contribution in [0.25, 0.3) is 0 Å². The van der Waals surface area contributed by atoms with Crippen LogP contribution in [0.4, 0.5) is 26.7 Å². The summed E-state index contributed by atoms with van der Waals surface area (Å²) >= 11 is 0. The van der Waals surface area contributed by atoms with E-state index in [1.807, 2.05) is 0 Å². The van der Waals surface area contributed by atoms with Gasteiger partial charge in [-0.2, -0.15) is 13.2 Å². The molecule has 1 fully saturated rings. The van der Waals surface area contributed by atoms with Crippen molar-refractivity contribution in [2.24, 2.45) is 5.92 Å². The molecule has 0 bridgehead atoms. The summed E-state index contributed by atoms with van der Waals surface area (Å²) in [6, 6.07) is 7.26. The smallest absolute Gasteiger partial charge is 0.427 e. The number of urea groups is 1. The number of carbonyl (C=O) groups is 2. The average molecular weight is 587 g/mol. The highest BCUT2D eigenvalue weighted by Gasteiger charge is 2.61. The largest absolute Gasteiger partial charge is 0.493 e. The zero-order valence-corrected chi connectivity index (χ0v) is 22.7. The first kappa shape index (κ1) is 30.4. The molecule has 2 atom stereocenters. The van der Waals surface area contributed by atoms with Gasteiger partial charge in [0.15, 0.2) is 11.5 Å². The van der Waals surface area contributed by atoms with Gasteiger partial charge in [0.1, 0.15) is 11.3 Å². The first-order chi connectivity index (χ1) is 19.2. The van der Waals surface area contributed by atoms with E-state index < -0.39 is 41.2 Å². The maximum absolute atomic E-state index is 13.4. The lowest BCUT2D eigenvalue weighted by atomic mass is 9.90. The third-order valence-corrected chi connectivity index (χ3v) is 7.14. The molecule has 2 aliphatic rings. The fraction of sp³-hybridized carbons (Fsp3) is 0.500. The number of alkyl halides is 5. The van der Waals surface area contributed by atoms with Crippen molar-refractivity contribution < 1.29 is 50.9 Å². The van der Waals surface area contributed by atoms with Gasteiger partial charge in [-0.1, -0.05) is 26.0 Å². The highest BCUT2D eigenvalue weighted by molar-refractivity contribution is 6.07. The number of halogens is 5. The van der Waals surface area contributed by atoms with Crippen LogP contribution in [0, 0.1) is 5.92 Å². The number of nitrogens with one attached hydrogen (secondary N) is 1. The quantitative estimate of drug-likeness (QED) is 0.212. The number of hydrogen-bond donors (Lipinski definition) is 2. The van der Waals surface area contributed by atoms with E-state index in [1.54, 1.807) is 39.0 Å². The lowest BCUT2D eigenvalue weighted by Crippen LogP contribution is -2.48. The minimum Gasteiger partial charge on any atom is -0.493 e. The van der Waals surface area contributed by atoms with Gasteiger partial charge in [0.2, 0.25) is 12.4 Å². The van der Waals surface area contributed by atoms with Crippen LogP contribution >= 0.6 is 0 Å². The van der Waals surface area contributed by atoms with E-state index in [0.717, 1.165) is 23.1 Å². The summed E-state index contributed by atoms with van der Waals surface area (Å²) < 4.78 is 83.2. The van der Waals surface area contributed by atoms with E-state index in [0.29, 0.717) is 29.9 Å². The molecule has 0 aromatic heterocycles. The molecule has 3 amide bonds. The summed E-state index contributed by atoms with van der Waals surface area (Å²) in [6.45, 7) is 5.45. The number of aliphatic hydroxyl groups is 1. The summed E-state index contributed by atoms with van der Waals surface area (Å²) in [4.78, 5) is 26.9. The second kappa shape index (κ2) is 11.3. The van der Waals surface area contributed by atoms with Gasteiger partial charge in [0.25, 0.3) is 12.3 Å². The van der Waals surface area contributed by atoms with Crippen LogP contribution in [0.5, 0.6) is 17.2 Å². The molecule has 0 radical (unpaired) electrons. The molecule has 41 heavy (non-hydrogen) atoms. The van der Waals surface area contributed by atoms with Gasteiger partial charge in [-0.3, -0.25) is 9.69 Å². The molecule has 0 aliphatic carbocycles. The van der Waals surface area contributed by atoms with Crippen molar-refractivity contribution in [3.8, 4) is 17.2 Å². The summed E-state index contributed by atoms with van der Waals surface area (Å²) in [5.74, 6) is 0.738. The Morgan fingerprint density at radius 3 is 2.44 bits per heavy atom. The van der Waals surface area contributed by atoms with Crippen LogP contribution < -0.4 is 19.5 Å². The van der Waals surface area contributed by atoms with Gasteiger partial charge in [-0.25, -0.2) is 13.6 Å². The molecule has 2 aromatic carbocycles. The fourth-order valence-electron chi connectivity index (χ4n) is 4.83. The Balaban J connectivity index is 1.38. The third-order valence-electron chi connectivity index (χ3n) is 7.14. The Bertz CT molecular complexity index is 1300. The first-order valence-electron chi connectivity index (χ1n) is 13.1. The van der Waals surface area contributed by atoms with Crippen LogP contribution in [0.3, 0.4) is 0 Å². The Labute approximate surface area is 233 Å². The fourth-order valence-corrected chi connectivity index (χ4v) is 4.83. The van der Waals surface area contributed by atoms with E-state index in [1.165, 1.54) is 0 Å². The number of nitrogens with zero attached hydrogens (tertiary/aromatic N) is 1. The molecule has 2 aromatic rings. The van der Waals surface area contributed by atoms with Crippen LogP contribution in [0.15, 0.2) is 36.4 Å². The zero-order chi connectivity index (χ0) is 30.2. The van der Waals surface area contributed by atoms with Crippen LogP contribution in [-0.2, 0) is 22.4 Å². The number of hydrogen-bond acceptors (Lipinski definition) is 6. The zero-order valence-electron chi connectivity index (χ0n) is 22.7. The van der Waals surface area contributed by atoms with Crippen molar-refractivity contribution in [2.45, 2.75) is 63.8 Å². The van der Waals surface area contributed by atoms with E-state index in [9.17, 15) is 36.6 Å². The normalized spacial score (nSPS) is 20.1. The molecule has 1 saturated heterocycles. The predicted molar refractivity (Wildman–Crippen MR) is 136 cm³/mol. The minimum atomic E-state index is -5.59. The maximum Gasteiger partial charge on any atom is 0.427 e. The summed E-state index contributed by atoms with van der Waals surface area (Å²) in [6.07, 6.45) is -8.70. The topological polar surface area (TPSA) is 97.3 Å². The van der Waals surface area contributed by atoms with Crippen LogP contribution in [0.1, 0.15) is 50.3 Å². The molecule has 0 spiro atoms. The SMILES string of the molecule is CC(C)Cc1cc(C(O)(C(F)F)C(F)(F)F)ccc1OCCCCN1C(=O)NC(C)(c2ccc3c(c2)OCO3)C1=O.